The van der Waals surface area contributed by atoms with Gasteiger partial charge in [0.15, 0.2) is 6.10 Å². The van der Waals surface area contributed by atoms with Crippen molar-refractivity contribution in [3.8, 4) is 0 Å². The van der Waals surface area contributed by atoms with Gasteiger partial charge >= 0.3 is 11.9 Å². The highest BCUT2D eigenvalue weighted by Crippen LogP contribution is 2.53. The second kappa shape index (κ2) is 11.6. The first-order valence-corrected chi connectivity index (χ1v) is 13.5. The van der Waals surface area contributed by atoms with Gasteiger partial charge < -0.3 is 29.0 Å². The van der Waals surface area contributed by atoms with Crippen LogP contribution in [0.2, 0.25) is 0 Å². The lowest BCUT2D eigenvalue weighted by Gasteiger charge is -2.41. The molecule has 208 valence electrons. The van der Waals surface area contributed by atoms with Gasteiger partial charge in [0.05, 0.1) is 11.7 Å². The van der Waals surface area contributed by atoms with E-state index < -0.39 is 36.0 Å². The quantitative estimate of drug-likeness (QED) is 0.382. The molecule has 1 aromatic heterocycles. The Morgan fingerprint density at radius 3 is 2.76 bits per heavy atom. The van der Waals surface area contributed by atoms with Crippen LogP contribution in [0.4, 0.5) is 0 Å². The lowest BCUT2D eigenvalue weighted by atomic mass is 9.69. The van der Waals surface area contributed by atoms with Gasteiger partial charge in [-0.15, -0.1) is 6.58 Å². The summed E-state index contributed by atoms with van der Waals surface area (Å²) in [5.74, 6) is -1.51. The van der Waals surface area contributed by atoms with Crippen LogP contribution in [0.25, 0.3) is 0 Å². The molecule has 8 nitrogen and oxygen atoms in total. The van der Waals surface area contributed by atoms with Crippen LogP contribution >= 0.6 is 0 Å². The topological polar surface area (TPSA) is 107 Å². The zero-order valence-corrected chi connectivity index (χ0v) is 23.0. The first-order chi connectivity index (χ1) is 18.1. The highest BCUT2D eigenvalue weighted by atomic mass is 16.6. The third kappa shape index (κ3) is 5.40. The minimum absolute atomic E-state index is 0.0348. The number of methoxy groups -OCH3 is 1. The minimum Gasteiger partial charge on any atom is -0.460 e. The summed E-state index contributed by atoms with van der Waals surface area (Å²) in [5, 5.41) is 10.5. The van der Waals surface area contributed by atoms with Crippen LogP contribution in [-0.2, 0) is 23.7 Å². The van der Waals surface area contributed by atoms with Crippen LogP contribution < -0.4 is 0 Å². The summed E-state index contributed by atoms with van der Waals surface area (Å²) < 4.78 is 24.5. The van der Waals surface area contributed by atoms with Crippen molar-refractivity contribution in [2.24, 2.45) is 23.7 Å². The SMILES string of the molecule is C=CC[C@H]1OC(=O)[C@@H](OC)C[C@H]2C=C[C@@H]3C[C@]2(O[C@H]3[C@H](OC(=O)c2ccc[nH]2)[C@H](C)[C@H](C)O)/C(C)=C/[C@H]1C. The number of esters is 2. The lowest BCUT2D eigenvalue weighted by molar-refractivity contribution is -0.166. The van der Waals surface area contributed by atoms with Crippen LogP contribution in [0.1, 0.15) is 57.4 Å². The highest BCUT2D eigenvalue weighted by molar-refractivity contribution is 5.87. The summed E-state index contributed by atoms with van der Waals surface area (Å²) in [6.07, 6.45) is 8.38. The second-order valence-corrected chi connectivity index (χ2v) is 11.1. The van der Waals surface area contributed by atoms with Crippen molar-refractivity contribution in [1.29, 1.82) is 0 Å². The molecule has 0 aromatic carbocycles. The molecule has 1 saturated heterocycles. The van der Waals surface area contributed by atoms with Gasteiger partial charge in [-0.3, -0.25) is 0 Å². The number of ether oxygens (including phenoxy) is 4. The Bertz CT molecular complexity index is 1060. The standard InChI is InChI=1S/C30H41NO7/c1-7-9-24-17(2)14-18(3)30-16-21(11-12-22(30)15-25(35-6)29(34)36-24)27(38-30)26(19(4)20(5)32)37-28(33)23-10-8-13-31-23/h7-8,10-14,17,19-22,24-27,31-32H,1,9,15-16H2,2-6H3/b18-14+/t17-,19-,20+,21-,22-,24-,25+,26-,27-,30+/m1/s1. The van der Waals surface area contributed by atoms with E-state index in [1.165, 1.54) is 7.11 Å². The van der Waals surface area contributed by atoms with E-state index in [1.54, 1.807) is 31.3 Å². The molecule has 1 fully saturated rings. The van der Waals surface area contributed by atoms with Crippen LogP contribution in [0.3, 0.4) is 0 Å². The van der Waals surface area contributed by atoms with Crippen LogP contribution in [0.15, 0.2) is 54.8 Å². The molecule has 10 atom stereocenters. The van der Waals surface area contributed by atoms with Gasteiger partial charge in [0.1, 0.15) is 24.0 Å². The van der Waals surface area contributed by atoms with Crippen molar-refractivity contribution in [3.63, 3.8) is 0 Å². The zero-order valence-electron chi connectivity index (χ0n) is 23.0. The van der Waals surface area contributed by atoms with E-state index in [4.69, 9.17) is 18.9 Å². The molecule has 2 bridgehead atoms. The molecule has 38 heavy (non-hydrogen) atoms. The third-order valence-corrected chi connectivity index (χ3v) is 8.61. The van der Waals surface area contributed by atoms with E-state index in [0.29, 0.717) is 25.0 Å². The number of hydrogen-bond donors (Lipinski definition) is 2. The molecular formula is C30H41NO7. The van der Waals surface area contributed by atoms with E-state index in [-0.39, 0.29) is 35.7 Å². The largest absolute Gasteiger partial charge is 0.460 e. The molecule has 1 spiro atoms. The molecule has 3 heterocycles. The van der Waals surface area contributed by atoms with E-state index >= 15 is 0 Å². The number of hydrogen-bond acceptors (Lipinski definition) is 7. The Balaban J connectivity index is 1.72. The number of fused-ring (bicyclic) bond motifs is 1. The van der Waals surface area contributed by atoms with Gasteiger partial charge in [0.25, 0.3) is 0 Å². The van der Waals surface area contributed by atoms with Crippen LogP contribution in [-0.4, -0.2) is 65.3 Å². The summed E-state index contributed by atoms with van der Waals surface area (Å²) in [6, 6.07) is 3.40. The molecule has 1 aliphatic carbocycles. The van der Waals surface area contributed by atoms with E-state index in [0.717, 1.165) is 5.57 Å². The predicted octanol–water partition coefficient (Wildman–Crippen LogP) is 4.38. The number of nitrogens with one attached hydrogen (secondary N) is 1. The number of aliphatic hydroxyl groups excluding tert-OH is 1. The van der Waals surface area contributed by atoms with Gasteiger partial charge in [-0.05, 0) is 44.4 Å². The van der Waals surface area contributed by atoms with Gasteiger partial charge in [0, 0.05) is 43.4 Å². The molecule has 2 N–H and O–H groups in total. The number of aromatic nitrogens is 1. The Morgan fingerprint density at radius 1 is 1.37 bits per heavy atom. The highest BCUT2D eigenvalue weighted by Gasteiger charge is 2.57. The zero-order chi connectivity index (χ0) is 27.6. The summed E-state index contributed by atoms with van der Waals surface area (Å²) in [7, 11) is 1.52. The molecule has 0 radical (unpaired) electrons. The Morgan fingerprint density at radius 2 is 2.13 bits per heavy atom. The van der Waals surface area contributed by atoms with Gasteiger partial charge in [0.2, 0.25) is 0 Å². The van der Waals surface area contributed by atoms with Crippen LogP contribution in [0, 0.1) is 23.7 Å². The lowest BCUT2D eigenvalue weighted by Crippen LogP contribution is -2.46. The Labute approximate surface area is 225 Å². The fourth-order valence-electron chi connectivity index (χ4n) is 6.13. The van der Waals surface area contributed by atoms with Crippen molar-refractivity contribution in [1.82, 2.24) is 4.98 Å². The van der Waals surface area contributed by atoms with Gasteiger partial charge in [-0.1, -0.05) is 38.2 Å². The maximum atomic E-state index is 13.1. The molecular weight excluding hydrogens is 486 g/mol. The maximum Gasteiger partial charge on any atom is 0.355 e. The summed E-state index contributed by atoms with van der Waals surface area (Å²) in [5.41, 5.74) is 0.688. The molecule has 4 rings (SSSR count). The Hall–Kier alpha value is -2.68. The molecule has 2 aliphatic heterocycles. The number of aromatic amines is 1. The average Bonchev–Trinajstić information content (AvgIpc) is 3.53. The van der Waals surface area contributed by atoms with Crippen molar-refractivity contribution in [2.45, 2.75) is 83.1 Å². The average molecular weight is 528 g/mol. The number of cyclic esters (lactones) is 1. The monoisotopic (exact) mass is 527 g/mol. The fourth-order valence-corrected chi connectivity index (χ4v) is 6.13. The maximum absolute atomic E-state index is 13.1. The summed E-state index contributed by atoms with van der Waals surface area (Å²) in [6.45, 7) is 11.5. The van der Waals surface area contributed by atoms with E-state index in [9.17, 15) is 14.7 Å². The first kappa shape index (κ1) is 28.3. The molecule has 0 unspecified atom stereocenters. The number of rotatable bonds is 8. The molecule has 1 aromatic rings. The molecule has 8 heteroatoms. The normalized spacial score (nSPS) is 36.7. The summed E-state index contributed by atoms with van der Waals surface area (Å²) >= 11 is 0. The number of carbonyl (C=O) groups is 2. The van der Waals surface area contributed by atoms with Crippen LogP contribution in [0.5, 0.6) is 0 Å². The first-order valence-electron chi connectivity index (χ1n) is 13.5. The fraction of sp³-hybridized carbons (Fsp3) is 0.600. The molecule has 0 saturated carbocycles. The van der Waals surface area contributed by atoms with Gasteiger partial charge in [-0.25, -0.2) is 9.59 Å². The van der Waals surface area contributed by atoms with Crippen molar-refractivity contribution >= 4 is 11.9 Å². The van der Waals surface area contributed by atoms with Gasteiger partial charge in [-0.2, -0.15) is 0 Å². The third-order valence-electron chi connectivity index (χ3n) is 8.61. The summed E-state index contributed by atoms with van der Waals surface area (Å²) in [4.78, 5) is 28.9. The second-order valence-electron chi connectivity index (χ2n) is 11.1. The van der Waals surface area contributed by atoms with Crippen molar-refractivity contribution in [2.75, 3.05) is 7.11 Å². The van der Waals surface area contributed by atoms with Crippen molar-refractivity contribution < 1.29 is 33.6 Å². The Kier molecular flexibility index (Phi) is 8.65. The molecule has 3 aliphatic rings. The smallest absolute Gasteiger partial charge is 0.355 e. The van der Waals surface area contributed by atoms with E-state index in [1.807, 2.05) is 13.8 Å². The number of aliphatic hydroxyl groups is 1. The number of H-pyrrole nitrogens is 1. The number of carbonyl (C=O) groups excluding carboxylic acids is 2. The van der Waals surface area contributed by atoms with Crippen molar-refractivity contribution in [3.05, 3.63) is 60.5 Å². The van der Waals surface area contributed by atoms with E-state index in [2.05, 4.69) is 36.7 Å². The molecule has 0 amide bonds. The minimum atomic E-state index is -0.746. The predicted molar refractivity (Wildman–Crippen MR) is 142 cm³/mol.